The van der Waals surface area contributed by atoms with Gasteiger partial charge in [-0.3, -0.25) is 0 Å². The number of para-hydroxylation sites is 2. The average molecular weight is 324 g/mol. The molecule has 0 unspecified atom stereocenters. The maximum Gasteiger partial charge on any atom is 0.338 e. The molecule has 4 heteroatoms. The third kappa shape index (κ3) is 7.22. The quantitative estimate of drug-likeness (QED) is 0.477. The summed E-state index contributed by atoms with van der Waals surface area (Å²) >= 11 is 0. The van der Waals surface area contributed by atoms with Crippen LogP contribution in [-0.2, 0) is 9.59 Å². The number of rotatable bonds is 4. The standard InChI is InChI=1S/2C10H10O2/c2*1-8(2)10(11)12-9-6-4-3-5-7-9/h2*3-7H,1H2,2H3. The number of hydrogen-bond donors (Lipinski definition) is 0. The fourth-order valence-electron chi connectivity index (χ4n) is 1.37. The predicted molar refractivity (Wildman–Crippen MR) is 93.8 cm³/mol. The van der Waals surface area contributed by atoms with Gasteiger partial charge in [-0.2, -0.15) is 0 Å². The zero-order valence-corrected chi connectivity index (χ0v) is 13.8. The van der Waals surface area contributed by atoms with Crippen LogP contribution in [0.3, 0.4) is 0 Å². The summed E-state index contributed by atoms with van der Waals surface area (Å²) in [5.74, 6) is 0.318. The smallest absolute Gasteiger partial charge is 0.338 e. The van der Waals surface area contributed by atoms with Gasteiger partial charge in [0.25, 0.3) is 0 Å². The first-order valence-corrected chi connectivity index (χ1v) is 7.25. The molecule has 0 aliphatic heterocycles. The van der Waals surface area contributed by atoms with E-state index in [9.17, 15) is 9.59 Å². The molecule has 0 aliphatic rings. The van der Waals surface area contributed by atoms with E-state index < -0.39 is 0 Å². The van der Waals surface area contributed by atoms with Crippen LogP contribution in [0.4, 0.5) is 0 Å². The van der Waals surface area contributed by atoms with Crippen LogP contribution in [0.1, 0.15) is 13.8 Å². The molecule has 0 N–H and O–H groups in total. The Labute approximate surface area is 142 Å². The number of esters is 2. The molecule has 0 heterocycles. The van der Waals surface area contributed by atoms with Crippen molar-refractivity contribution in [2.45, 2.75) is 13.8 Å². The summed E-state index contributed by atoms with van der Waals surface area (Å²) in [6.07, 6.45) is 0. The van der Waals surface area contributed by atoms with Gasteiger partial charge in [-0.05, 0) is 38.1 Å². The molecule has 0 spiro atoms. The Morgan fingerprint density at radius 2 is 0.958 bits per heavy atom. The number of hydrogen-bond acceptors (Lipinski definition) is 4. The van der Waals surface area contributed by atoms with E-state index in [-0.39, 0.29) is 11.9 Å². The van der Waals surface area contributed by atoms with Crippen molar-refractivity contribution in [1.29, 1.82) is 0 Å². The third-order valence-corrected chi connectivity index (χ3v) is 2.60. The highest BCUT2D eigenvalue weighted by Crippen LogP contribution is 2.10. The van der Waals surface area contributed by atoms with Crippen LogP contribution in [0.2, 0.25) is 0 Å². The second-order valence-electron chi connectivity index (χ2n) is 4.97. The van der Waals surface area contributed by atoms with Gasteiger partial charge in [0.15, 0.2) is 0 Å². The Balaban J connectivity index is 0.000000240. The lowest BCUT2D eigenvalue weighted by Gasteiger charge is -2.01. The van der Waals surface area contributed by atoms with Crippen molar-refractivity contribution in [3.8, 4) is 11.5 Å². The van der Waals surface area contributed by atoms with Crippen molar-refractivity contribution in [2.24, 2.45) is 0 Å². The summed E-state index contributed by atoms with van der Waals surface area (Å²) in [6.45, 7) is 10.2. The van der Waals surface area contributed by atoms with E-state index in [0.29, 0.717) is 22.6 Å². The van der Waals surface area contributed by atoms with E-state index in [0.717, 1.165) is 0 Å². The molecule has 2 rings (SSSR count). The van der Waals surface area contributed by atoms with Gasteiger partial charge in [-0.1, -0.05) is 49.6 Å². The van der Waals surface area contributed by atoms with Crippen molar-refractivity contribution in [1.82, 2.24) is 0 Å². The summed E-state index contributed by atoms with van der Waals surface area (Å²) in [4.78, 5) is 22.0. The molecule has 2 aromatic carbocycles. The van der Waals surface area contributed by atoms with Crippen LogP contribution in [0.5, 0.6) is 11.5 Å². The minimum atomic E-state index is -0.388. The highest BCUT2D eigenvalue weighted by atomic mass is 16.5. The minimum absolute atomic E-state index is 0.388. The van der Waals surface area contributed by atoms with Crippen molar-refractivity contribution in [2.75, 3.05) is 0 Å². The molecule has 0 amide bonds. The fraction of sp³-hybridized carbons (Fsp3) is 0.100. The largest absolute Gasteiger partial charge is 0.423 e. The summed E-state index contributed by atoms with van der Waals surface area (Å²) < 4.78 is 9.87. The molecule has 0 saturated heterocycles. The number of benzene rings is 2. The van der Waals surface area contributed by atoms with E-state index in [2.05, 4.69) is 13.2 Å². The first-order chi connectivity index (χ1) is 11.4. The van der Waals surface area contributed by atoms with E-state index in [1.165, 1.54) is 0 Å². The Morgan fingerprint density at radius 3 is 1.21 bits per heavy atom. The lowest BCUT2D eigenvalue weighted by molar-refractivity contribution is -0.130. The lowest BCUT2D eigenvalue weighted by atomic mass is 10.3. The van der Waals surface area contributed by atoms with Gasteiger partial charge in [0.1, 0.15) is 11.5 Å². The minimum Gasteiger partial charge on any atom is -0.423 e. The zero-order chi connectivity index (χ0) is 17.9. The monoisotopic (exact) mass is 324 g/mol. The Morgan fingerprint density at radius 1 is 0.667 bits per heavy atom. The molecule has 0 aliphatic carbocycles. The number of carbonyl (C=O) groups is 2. The van der Waals surface area contributed by atoms with Crippen LogP contribution in [0.25, 0.3) is 0 Å². The predicted octanol–water partition coefficient (Wildman–Crippen LogP) is 4.34. The summed E-state index contributed by atoms with van der Waals surface area (Å²) in [5, 5.41) is 0. The van der Waals surface area contributed by atoms with E-state index in [1.54, 1.807) is 62.4 Å². The van der Waals surface area contributed by atoms with E-state index in [4.69, 9.17) is 9.47 Å². The van der Waals surface area contributed by atoms with Crippen molar-refractivity contribution >= 4 is 11.9 Å². The van der Waals surface area contributed by atoms with E-state index in [1.807, 2.05) is 12.1 Å². The third-order valence-electron chi connectivity index (χ3n) is 2.60. The van der Waals surface area contributed by atoms with Gasteiger partial charge in [-0.15, -0.1) is 0 Å². The molecule has 0 atom stereocenters. The van der Waals surface area contributed by atoms with Crippen molar-refractivity contribution < 1.29 is 19.1 Å². The molecule has 0 aromatic heterocycles. The first-order valence-electron chi connectivity index (χ1n) is 7.25. The van der Waals surface area contributed by atoms with Crippen LogP contribution in [0.15, 0.2) is 85.0 Å². The molecule has 24 heavy (non-hydrogen) atoms. The molecule has 0 bridgehead atoms. The van der Waals surface area contributed by atoms with Crippen LogP contribution in [0, 0.1) is 0 Å². The SMILES string of the molecule is C=C(C)C(=O)Oc1ccccc1.C=C(C)C(=O)Oc1ccccc1. The van der Waals surface area contributed by atoms with Crippen LogP contribution in [-0.4, -0.2) is 11.9 Å². The molecular formula is C20H20O4. The molecule has 2 aromatic rings. The van der Waals surface area contributed by atoms with Gasteiger partial charge >= 0.3 is 11.9 Å². The zero-order valence-electron chi connectivity index (χ0n) is 13.8. The fourth-order valence-corrected chi connectivity index (χ4v) is 1.37. The highest BCUT2D eigenvalue weighted by Gasteiger charge is 2.03. The number of carbonyl (C=O) groups excluding carboxylic acids is 2. The maximum absolute atomic E-state index is 11.0. The second kappa shape index (κ2) is 9.79. The van der Waals surface area contributed by atoms with E-state index >= 15 is 0 Å². The lowest BCUT2D eigenvalue weighted by Crippen LogP contribution is -2.07. The molecular weight excluding hydrogens is 304 g/mol. The van der Waals surface area contributed by atoms with Crippen molar-refractivity contribution in [3.05, 3.63) is 85.0 Å². The summed E-state index contributed by atoms with van der Waals surface area (Å²) in [7, 11) is 0. The van der Waals surface area contributed by atoms with Crippen LogP contribution < -0.4 is 9.47 Å². The van der Waals surface area contributed by atoms with Crippen molar-refractivity contribution in [3.63, 3.8) is 0 Å². The molecule has 124 valence electrons. The second-order valence-corrected chi connectivity index (χ2v) is 4.97. The van der Waals surface area contributed by atoms with Gasteiger partial charge in [0.05, 0.1) is 0 Å². The van der Waals surface area contributed by atoms with Gasteiger partial charge < -0.3 is 9.47 Å². The van der Waals surface area contributed by atoms with Gasteiger partial charge in [0.2, 0.25) is 0 Å². The topological polar surface area (TPSA) is 52.6 Å². The molecule has 0 radical (unpaired) electrons. The molecule has 4 nitrogen and oxygen atoms in total. The summed E-state index contributed by atoms with van der Waals surface area (Å²) in [6, 6.07) is 17.8. The maximum atomic E-state index is 11.0. The first kappa shape index (κ1) is 18.9. The Kier molecular flexibility index (Phi) is 7.71. The molecule has 0 fully saturated rings. The Bertz CT molecular complexity index is 639. The number of ether oxygens (including phenoxy) is 2. The Hall–Kier alpha value is -3.14. The normalized spacial score (nSPS) is 9.08. The molecule has 0 saturated carbocycles. The van der Waals surface area contributed by atoms with Crippen LogP contribution >= 0.6 is 0 Å². The van der Waals surface area contributed by atoms with Gasteiger partial charge in [-0.25, -0.2) is 9.59 Å². The summed E-state index contributed by atoms with van der Waals surface area (Å²) in [5.41, 5.74) is 0.803. The average Bonchev–Trinajstić information content (AvgIpc) is 2.57. The van der Waals surface area contributed by atoms with Gasteiger partial charge in [0, 0.05) is 11.1 Å². The highest BCUT2D eigenvalue weighted by molar-refractivity contribution is 5.89.